The van der Waals surface area contributed by atoms with E-state index in [1.807, 2.05) is 76.5 Å². The number of para-hydroxylation sites is 1. The molecule has 0 radical (unpaired) electrons. The van der Waals surface area contributed by atoms with Crippen molar-refractivity contribution in [2.24, 2.45) is 5.92 Å². The van der Waals surface area contributed by atoms with Gasteiger partial charge in [-0.05, 0) is 35.7 Å². The minimum absolute atomic E-state index is 0.0284. The molecule has 3 amide bonds. The number of benzene rings is 3. The number of H-pyrrole nitrogens is 1. The van der Waals surface area contributed by atoms with E-state index in [0.29, 0.717) is 63.4 Å². The van der Waals surface area contributed by atoms with Crippen LogP contribution in [0.25, 0.3) is 21.7 Å². The highest BCUT2D eigenvalue weighted by molar-refractivity contribution is 6.07. The number of amides is 3. The van der Waals surface area contributed by atoms with Crippen molar-refractivity contribution in [1.82, 2.24) is 24.9 Å². The molecule has 2 aliphatic heterocycles. The summed E-state index contributed by atoms with van der Waals surface area (Å²) in [5.41, 5.74) is 1.98. The average Bonchev–Trinajstić information content (AvgIpc) is 3.40. The van der Waals surface area contributed by atoms with Crippen LogP contribution in [0.5, 0.6) is 0 Å². The van der Waals surface area contributed by atoms with Crippen LogP contribution in [-0.4, -0.2) is 81.9 Å². The first-order valence-corrected chi connectivity index (χ1v) is 12.9. The molecule has 1 aromatic heterocycles. The van der Waals surface area contributed by atoms with Crippen molar-refractivity contribution in [3.63, 3.8) is 0 Å². The van der Waals surface area contributed by atoms with E-state index >= 15 is 0 Å². The number of carbonyl (C=O) groups excluding carboxylic acids is 3. The monoisotopic (exact) mass is 495 g/mol. The number of fused-ring (bicyclic) bond motifs is 2. The fourth-order valence-corrected chi connectivity index (χ4v) is 5.58. The maximum absolute atomic E-state index is 13.3. The van der Waals surface area contributed by atoms with Gasteiger partial charge in [-0.25, -0.2) is 0 Å². The van der Waals surface area contributed by atoms with Gasteiger partial charge in [0.25, 0.3) is 11.8 Å². The number of piperazine rings is 1. The van der Waals surface area contributed by atoms with Crippen molar-refractivity contribution >= 4 is 39.4 Å². The normalized spacial score (nSPS) is 16.9. The van der Waals surface area contributed by atoms with Crippen molar-refractivity contribution in [1.29, 1.82) is 0 Å². The Morgan fingerprint density at radius 2 is 1.30 bits per heavy atom. The molecule has 37 heavy (non-hydrogen) atoms. The summed E-state index contributed by atoms with van der Waals surface area (Å²) >= 11 is 0. The van der Waals surface area contributed by atoms with E-state index in [-0.39, 0.29) is 23.6 Å². The second-order valence-electron chi connectivity index (χ2n) is 9.83. The van der Waals surface area contributed by atoms with Crippen molar-refractivity contribution < 1.29 is 14.4 Å². The third-order valence-corrected chi connectivity index (χ3v) is 7.70. The summed E-state index contributed by atoms with van der Waals surface area (Å²) in [4.78, 5) is 45.1. The molecule has 0 bridgehead atoms. The first-order chi connectivity index (χ1) is 18.1. The Bertz CT molecular complexity index is 1470. The number of carbonyl (C=O) groups is 3. The number of piperidine rings is 1. The van der Waals surface area contributed by atoms with E-state index in [0.717, 1.165) is 21.7 Å². The molecule has 3 heterocycles. The average molecular weight is 496 g/mol. The zero-order valence-electron chi connectivity index (χ0n) is 20.6. The largest absolute Gasteiger partial charge is 0.339 e. The molecule has 188 valence electrons. The summed E-state index contributed by atoms with van der Waals surface area (Å²) in [6.45, 7) is 3.16. The number of aromatic nitrogens is 2. The summed E-state index contributed by atoms with van der Waals surface area (Å²) in [5, 5.41) is 9.98. The van der Waals surface area contributed by atoms with E-state index in [9.17, 15) is 14.4 Å². The number of aromatic amines is 1. The molecule has 6 rings (SSSR count). The Balaban J connectivity index is 1.04. The molecule has 3 aromatic carbocycles. The van der Waals surface area contributed by atoms with Crippen LogP contribution in [0, 0.1) is 5.92 Å². The van der Waals surface area contributed by atoms with Gasteiger partial charge in [-0.15, -0.1) is 0 Å². The van der Waals surface area contributed by atoms with Crippen LogP contribution in [0.3, 0.4) is 0 Å². The third kappa shape index (κ3) is 4.33. The summed E-state index contributed by atoms with van der Waals surface area (Å²) in [6.07, 6.45) is 1.32. The van der Waals surface area contributed by atoms with Crippen molar-refractivity contribution in [3.05, 3.63) is 78.0 Å². The highest BCUT2D eigenvalue weighted by Crippen LogP contribution is 2.25. The smallest absolute Gasteiger partial charge is 0.275 e. The SMILES string of the molecule is O=C(c1cccc2ccccc12)N1CCC(C(=O)N2CCN(C(=O)c3n[nH]c4ccccc34)CC2)CC1. The minimum Gasteiger partial charge on any atom is -0.339 e. The van der Waals surface area contributed by atoms with Gasteiger partial charge in [-0.2, -0.15) is 5.10 Å². The van der Waals surface area contributed by atoms with Gasteiger partial charge in [0.15, 0.2) is 5.69 Å². The lowest BCUT2D eigenvalue weighted by Crippen LogP contribution is -2.53. The molecule has 0 spiro atoms. The highest BCUT2D eigenvalue weighted by atomic mass is 16.2. The minimum atomic E-state index is -0.107. The van der Waals surface area contributed by atoms with Gasteiger partial charge in [-0.1, -0.05) is 54.6 Å². The van der Waals surface area contributed by atoms with Crippen LogP contribution in [0.15, 0.2) is 66.7 Å². The zero-order valence-corrected chi connectivity index (χ0v) is 20.6. The van der Waals surface area contributed by atoms with E-state index in [2.05, 4.69) is 10.2 Å². The number of hydrogen-bond acceptors (Lipinski definition) is 4. The second kappa shape index (κ2) is 9.69. The summed E-state index contributed by atoms with van der Waals surface area (Å²) in [7, 11) is 0. The molecule has 4 aromatic rings. The lowest BCUT2D eigenvalue weighted by Gasteiger charge is -2.38. The van der Waals surface area contributed by atoms with Gasteiger partial charge < -0.3 is 14.7 Å². The van der Waals surface area contributed by atoms with Crippen molar-refractivity contribution in [3.8, 4) is 0 Å². The van der Waals surface area contributed by atoms with Gasteiger partial charge in [0.2, 0.25) is 5.91 Å². The van der Waals surface area contributed by atoms with E-state index in [4.69, 9.17) is 0 Å². The first-order valence-electron chi connectivity index (χ1n) is 12.9. The third-order valence-electron chi connectivity index (χ3n) is 7.70. The molecule has 2 saturated heterocycles. The summed E-state index contributed by atoms with van der Waals surface area (Å²) in [5.74, 6) is -0.0331. The van der Waals surface area contributed by atoms with Crippen LogP contribution in [0.2, 0.25) is 0 Å². The summed E-state index contributed by atoms with van der Waals surface area (Å²) in [6, 6.07) is 21.3. The molecule has 2 fully saturated rings. The Morgan fingerprint density at radius 3 is 2.08 bits per heavy atom. The van der Waals surface area contributed by atoms with Gasteiger partial charge in [0.05, 0.1) is 5.52 Å². The summed E-state index contributed by atoms with van der Waals surface area (Å²) < 4.78 is 0. The van der Waals surface area contributed by atoms with E-state index < -0.39 is 0 Å². The lowest BCUT2D eigenvalue weighted by atomic mass is 9.94. The quantitative estimate of drug-likeness (QED) is 0.471. The maximum atomic E-state index is 13.3. The van der Waals surface area contributed by atoms with Gasteiger partial charge in [0.1, 0.15) is 0 Å². The number of nitrogens with one attached hydrogen (secondary N) is 1. The Hall–Kier alpha value is -4.20. The zero-order chi connectivity index (χ0) is 25.4. The molecular weight excluding hydrogens is 466 g/mol. The van der Waals surface area contributed by atoms with Crippen molar-refractivity contribution in [2.75, 3.05) is 39.3 Å². The molecule has 0 unspecified atom stereocenters. The number of nitrogens with zero attached hydrogens (tertiary/aromatic N) is 4. The topological polar surface area (TPSA) is 89.6 Å². The number of likely N-dealkylation sites (tertiary alicyclic amines) is 1. The molecular formula is C29H29N5O3. The van der Waals surface area contributed by atoms with Crippen LogP contribution in [-0.2, 0) is 4.79 Å². The number of rotatable bonds is 3. The molecule has 0 saturated carbocycles. The fraction of sp³-hybridized carbons (Fsp3) is 0.310. The molecule has 8 nitrogen and oxygen atoms in total. The van der Waals surface area contributed by atoms with Crippen LogP contribution in [0.1, 0.15) is 33.7 Å². The molecule has 2 aliphatic rings. The second-order valence-corrected chi connectivity index (χ2v) is 9.83. The van der Waals surface area contributed by atoms with E-state index in [1.54, 1.807) is 4.90 Å². The Labute approximate surface area is 214 Å². The Morgan fingerprint density at radius 1 is 0.676 bits per heavy atom. The first kappa shape index (κ1) is 23.2. The maximum Gasteiger partial charge on any atom is 0.275 e. The number of hydrogen-bond donors (Lipinski definition) is 1. The fourth-order valence-electron chi connectivity index (χ4n) is 5.58. The highest BCUT2D eigenvalue weighted by Gasteiger charge is 2.33. The molecule has 1 N–H and O–H groups in total. The molecule has 8 heteroatoms. The van der Waals surface area contributed by atoms with Crippen LogP contribution >= 0.6 is 0 Å². The van der Waals surface area contributed by atoms with Crippen LogP contribution in [0.4, 0.5) is 0 Å². The standard InChI is InChI=1S/C29H29N5O3/c35-27(33-16-18-34(19-17-33)29(37)26-24-9-3-4-11-25(24)30-31-26)21-12-14-32(15-13-21)28(36)23-10-5-7-20-6-1-2-8-22(20)23/h1-11,21H,12-19H2,(H,30,31). The molecule has 0 atom stereocenters. The van der Waals surface area contributed by atoms with Gasteiger partial charge >= 0.3 is 0 Å². The lowest BCUT2D eigenvalue weighted by molar-refractivity contribution is -0.138. The predicted octanol–water partition coefficient (Wildman–Crippen LogP) is 3.55. The van der Waals surface area contributed by atoms with E-state index in [1.165, 1.54) is 0 Å². The van der Waals surface area contributed by atoms with Gasteiger partial charge in [0, 0.05) is 56.1 Å². The predicted molar refractivity (Wildman–Crippen MR) is 141 cm³/mol. The van der Waals surface area contributed by atoms with Gasteiger partial charge in [-0.3, -0.25) is 19.5 Å². The van der Waals surface area contributed by atoms with Crippen LogP contribution < -0.4 is 0 Å². The van der Waals surface area contributed by atoms with Crippen molar-refractivity contribution in [2.45, 2.75) is 12.8 Å². The Kier molecular flexibility index (Phi) is 6.08. The molecule has 0 aliphatic carbocycles.